The summed E-state index contributed by atoms with van der Waals surface area (Å²) in [6.07, 6.45) is 4.16. The summed E-state index contributed by atoms with van der Waals surface area (Å²) in [5, 5.41) is 3.11. The van der Waals surface area contributed by atoms with Crippen molar-refractivity contribution in [3.8, 4) is 5.75 Å². The maximum atomic E-state index is 12.2. The summed E-state index contributed by atoms with van der Waals surface area (Å²) in [6.45, 7) is 4.60. The molecule has 0 saturated carbocycles. The van der Waals surface area contributed by atoms with Gasteiger partial charge in [-0.1, -0.05) is 12.1 Å². The number of aromatic nitrogens is 2. The molecule has 0 spiro atoms. The number of benzene rings is 1. The van der Waals surface area contributed by atoms with Crippen LogP contribution < -0.4 is 15.6 Å². The smallest absolute Gasteiger partial charge is 0.293 e. The maximum Gasteiger partial charge on any atom is 0.293 e. The third-order valence-corrected chi connectivity index (χ3v) is 3.26. The zero-order valence-corrected chi connectivity index (χ0v) is 12.7. The summed E-state index contributed by atoms with van der Waals surface area (Å²) < 4.78 is 6.86. The molecule has 1 aromatic heterocycles. The van der Waals surface area contributed by atoms with Crippen LogP contribution in [0.2, 0.25) is 0 Å². The van der Waals surface area contributed by atoms with Gasteiger partial charge in [-0.2, -0.15) is 0 Å². The molecule has 2 aromatic rings. The first-order valence-electron chi connectivity index (χ1n) is 7.05. The summed E-state index contributed by atoms with van der Waals surface area (Å²) in [5.41, 5.74) is 1.07. The molecule has 112 valence electrons. The lowest BCUT2D eigenvalue weighted by Crippen LogP contribution is -2.26. The molecule has 5 nitrogen and oxygen atoms in total. The molecule has 0 atom stereocenters. The van der Waals surface area contributed by atoms with Gasteiger partial charge in [0.2, 0.25) is 0 Å². The molecule has 0 amide bonds. The highest BCUT2D eigenvalue weighted by Crippen LogP contribution is 2.12. The van der Waals surface area contributed by atoms with Crippen LogP contribution in [-0.2, 0) is 6.42 Å². The van der Waals surface area contributed by atoms with Gasteiger partial charge in [-0.15, -0.1) is 0 Å². The minimum atomic E-state index is -0.0851. The zero-order valence-electron chi connectivity index (χ0n) is 12.7. The van der Waals surface area contributed by atoms with Crippen LogP contribution in [0.25, 0.3) is 0 Å². The molecule has 0 saturated heterocycles. The van der Waals surface area contributed by atoms with E-state index in [1.54, 1.807) is 24.1 Å². The van der Waals surface area contributed by atoms with Crippen LogP contribution in [0.3, 0.4) is 0 Å². The summed E-state index contributed by atoms with van der Waals surface area (Å²) in [5.74, 6) is 1.24. The predicted octanol–water partition coefficient (Wildman–Crippen LogP) is 2.49. The Morgan fingerprint density at radius 2 is 2.19 bits per heavy atom. The molecule has 1 N–H and O–H groups in total. The second-order valence-corrected chi connectivity index (χ2v) is 5.11. The lowest BCUT2D eigenvalue weighted by atomic mass is 10.1. The number of anilines is 1. The topological polar surface area (TPSA) is 56.1 Å². The first kappa shape index (κ1) is 15.1. The highest BCUT2D eigenvalue weighted by Gasteiger charge is 2.06. The quantitative estimate of drug-likeness (QED) is 0.887. The molecule has 1 heterocycles. The Morgan fingerprint density at radius 3 is 2.90 bits per heavy atom. The molecule has 0 bridgehead atoms. The average molecular weight is 287 g/mol. The molecule has 0 fully saturated rings. The Labute approximate surface area is 124 Å². The van der Waals surface area contributed by atoms with Gasteiger partial charge in [0.05, 0.1) is 7.11 Å². The molecule has 21 heavy (non-hydrogen) atoms. The van der Waals surface area contributed by atoms with Crippen molar-refractivity contribution < 1.29 is 4.74 Å². The molecule has 0 aliphatic rings. The zero-order chi connectivity index (χ0) is 15.2. The van der Waals surface area contributed by atoms with E-state index in [2.05, 4.69) is 10.3 Å². The lowest BCUT2D eigenvalue weighted by Gasteiger charge is -2.11. The van der Waals surface area contributed by atoms with E-state index >= 15 is 0 Å². The summed E-state index contributed by atoms with van der Waals surface area (Å²) in [6, 6.07) is 8.03. The molecule has 2 rings (SSSR count). The third kappa shape index (κ3) is 3.84. The number of methoxy groups -OCH3 is 1. The van der Waals surface area contributed by atoms with Crippen molar-refractivity contribution in [3.05, 3.63) is 52.6 Å². The fourth-order valence-corrected chi connectivity index (χ4v) is 2.11. The molecular formula is C16H21N3O2. The van der Waals surface area contributed by atoms with Gasteiger partial charge in [0.25, 0.3) is 5.56 Å². The monoisotopic (exact) mass is 287 g/mol. The molecule has 5 heteroatoms. The normalized spacial score (nSPS) is 10.7. The molecule has 0 aliphatic carbocycles. The van der Waals surface area contributed by atoms with Crippen LogP contribution in [0, 0.1) is 0 Å². The van der Waals surface area contributed by atoms with Gasteiger partial charge in [0.1, 0.15) is 5.75 Å². The van der Waals surface area contributed by atoms with E-state index in [1.807, 2.05) is 38.1 Å². The second kappa shape index (κ2) is 6.92. The van der Waals surface area contributed by atoms with Crippen LogP contribution in [0.4, 0.5) is 5.82 Å². The van der Waals surface area contributed by atoms with Crippen LogP contribution >= 0.6 is 0 Å². The number of ether oxygens (including phenoxy) is 1. The van der Waals surface area contributed by atoms with Gasteiger partial charge < -0.3 is 14.6 Å². The van der Waals surface area contributed by atoms with Gasteiger partial charge in [0.15, 0.2) is 5.82 Å². The predicted molar refractivity (Wildman–Crippen MR) is 84.1 cm³/mol. The van der Waals surface area contributed by atoms with E-state index in [9.17, 15) is 4.79 Å². The Bertz CT molecular complexity index is 650. The fourth-order valence-electron chi connectivity index (χ4n) is 2.11. The minimum Gasteiger partial charge on any atom is -0.497 e. The number of hydrogen-bond acceptors (Lipinski definition) is 4. The van der Waals surface area contributed by atoms with E-state index < -0.39 is 0 Å². The van der Waals surface area contributed by atoms with E-state index in [1.165, 1.54) is 0 Å². The Morgan fingerprint density at radius 1 is 1.38 bits per heavy atom. The van der Waals surface area contributed by atoms with Crippen LogP contribution in [0.1, 0.15) is 25.5 Å². The molecule has 1 aromatic carbocycles. The summed E-state index contributed by atoms with van der Waals surface area (Å²) >= 11 is 0. The maximum absolute atomic E-state index is 12.2. The highest BCUT2D eigenvalue weighted by atomic mass is 16.5. The summed E-state index contributed by atoms with van der Waals surface area (Å²) in [7, 11) is 1.65. The number of nitrogens with one attached hydrogen (secondary N) is 1. The van der Waals surface area contributed by atoms with Crippen molar-refractivity contribution in [2.45, 2.75) is 26.3 Å². The van der Waals surface area contributed by atoms with Gasteiger partial charge in [0, 0.05) is 25.0 Å². The molecule has 0 unspecified atom stereocenters. The van der Waals surface area contributed by atoms with Crippen molar-refractivity contribution in [3.63, 3.8) is 0 Å². The van der Waals surface area contributed by atoms with Crippen molar-refractivity contribution in [1.82, 2.24) is 9.55 Å². The van der Waals surface area contributed by atoms with E-state index in [0.29, 0.717) is 12.4 Å². The van der Waals surface area contributed by atoms with Gasteiger partial charge in [-0.05, 0) is 38.0 Å². The van der Waals surface area contributed by atoms with Crippen LogP contribution in [-0.4, -0.2) is 23.2 Å². The Kier molecular flexibility index (Phi) is 4.98. The van der Waals surface area contributed by atoms with E-state index in [0.717, 1.165) is 17.7 Å². The molecule has 0 radical (unpaired) electrons. The fraction of sp³-hybridized carbons (Fsp3) is 0.375. The minimum absolute atomic E-state index is 0.0851. The van der Waals surface area contributed by atoms with Crippen molar-refractivity contribution in [1.29, 1.82) is 0 Å². The third-order valence-electron chi connectivity index (χ3n) is 3.26. The van der Waals surface area contributed by atoms with Gasteiger partial charge in [-0.3, -0.25) is 4.79 Å². The van der Waals surface area contributed by atoms with Gasteiger partial charge in [-0.25, -0.2) is 4.98 Å². The SMILES string of the molecule is COc1cccc(CCNc2nccn(C(C)C)c2=O)c1. The first-order valence-corrected chi connectivity index (χ1v) is 7.05. The average Bonchev–Trinajstić information content (AvgIpc) is 2.49. The van der Waals surface area contributed by atoms with E-state index in [-0.39, 0.29) is 11.6 Å². The van der Waals surface area contributed by atoms with Crippen LogP contribution in [0.5, 0.6) is 5.75 Å². The van der Waals surface area contributed by atoms with Crippen LogP contribution in [0.15, 0.2) is 41.5 Å². The number of hydrogen-bond donors (Lipinski definition) is 1. The summed E-state index contributed by atoms with van der Waals surface area (Å²) in [4.78, 5) is 16.3. The lowest BCUT2D eigenvalue weighted by molar-refractivity contribution is 0.414. The molecular weight excluding hydrogens is 266 g/mol. The van der Waals surface area contributed by atoms with Crippen molar-refractivity contribution in [2.24, 2.45) is 0 Å². The van der Waals surface area contributed by atoms with Gasteiger partial charge >= 0.3 is 0 Å². The van der Waals surface area contributed by atoms with Crippen molar-refractivity contribution in [2.75, 3.05) is 19.0 Å². The number of rotatable bonds is 6. The van der Waals surface area contributed by atoms with Crippen molar-refractivity contribution >= 4 is 5.82 Å². The number of nitrogens with zero attached hydrogens (tertiary/aromatic N) is 2. The Hall–Kier alpha value is -2.30. The Balaban J connectivity index is 2.00. The molecule has 0 aliphatic heterocycles. The first-order chi connectivity index (χ1) is 10.1. The standard InChI is InChI=1S/C16H21N3O2/c1-12(2)19-10-9-18-15(16(19)20)17-8-7-13-5-4-6-14(11-13)21-3/h4-6,9-12H,7-8H2,1-3H3,(H,17,18). The highest BCUT2D eigenvalue weighted by molar-refractivity contribution is 5.33. The largest absolute Gasteiger partial charge is 0.497 e. The van der Waals surface area contributed by atoms with E-state index in [4.69, 9.17) is 4.74 Å². The second-order valence-electron chi connectivity index (χ2n) is 5.11.